The number of carbonyl (C=O) groups is 1. The molecule has 0 spiro atoms. The highest BCUT2D eigenvalue weighted by Crippen LogP contribution is 2.51. The maximum Gasteiger partial charge on any atom is 0.182 e. The molecule has 4 aromatic rings. The van der Waals surface area contributed by atoms with Crippen LogP contribution in [0, 0.1) is 17.6 Å². The van der Waals surface area contributed by atoms with Gasteiger partial charge in [-0.25, -0.2) is 18.7 Å². The lowest BCUT2D eigenvalue weighted by Crippen LogP contribution is -2.35. The van der Waals surface area contributed by atoms with Gasteiger partial charge in [0.1, 0.15) is 29.2 Å². The summed E-state index contributed by atoms with van der Waals surface area (Å²) in [5.74, 6) is -0.937. The number of ketones is 1. The molecule has 9 heteroatoms. The topological polar surface area (TPSA) is 111 Å². The van der Waals surface area contributed by atoms with Crippen LogP contribution >= 0.6 is 0 Å². The second kappa shape index (κ2) is 8.43. The van der Waals surface area contributed by atoms with E-state index >= 15 is 0 Å². The average molecular weight is 506 g/mol. The Balaban J connectivity index is 1.37. The zero-order valence-electron chi connectivity index (χ0n) is 20.1. The molecule has 2 atom stereocenters. The number of halogens is 2. The third kappa shape index (κ3) is 4.08. The van der Waals surface area contributed by atoms with Crippen molar-refractivity contribution in [3.63, 3.8) is 0 Å². The molecule has 190 valence electrons. The smallest absolute Gasteiger partial charge is 0.182 e. The largest absolute Gasteiger partial charge is 0.489 e. The highest BCUT2D eigenvalue weighted by Gasteiger charge is 2.48. The first kappa shape index (κ1) is 23.7. The summed E-state index contributed by atoms with van der Waals surface area (Å²) in [4.78, 5) is 21.7. The number of hydrogen-bond acceptors (Lipinski definition) is 7. The summed E-state index contributed by atoms with van der Waals surface area (Å²) in [6.07, 6.45) is 2.74. The lowest BCUT2D eigenvalue weighted by molar-refractivity contribution is -0.00116. The average Bonchev–Trinajstić information content (AvgIpc) is 3.55. The molecule has 3 N–H and O–H groups in total. The van der Waals surface area contributed by atoms with Gasteiger partial charge in [0.25, 0.3) is 0 Å². The maximum absolute atomic E-state index is 14.4. The SMILES string of the molecule is C[C@]1(N)COc2c1cc([C@@](O)(CCC(=O)c1cc(F)c3ncoc3c1)C1CC1)nc2-c1ccc(F)cc1. The van der Waals surface area contributed by atoms with Crippen LogP contribution in [0.4, 0.5) is 8.78 Å². The first-order valence-corrected chi connectivity index (χ1v) is 12.2. The van der Waals surface area contributed by atoms with Gasteiger partial charge in [0.05, 0.1) is 11.2 Å². The molecule has 2 aromatic carbocycles. The number of nitrogens with zero attached hydrogens (tertiary/aromatic N) is 2. The first-order valence-electron chi connectivity index (χ1n) is 12.2. The Kier molecular flexibility index (Phi) is 5.40. The Hall–Kier alpha value is -3.69. The molecule has 7 nitrogen and oxygen atoms in total. The molecule has 2 aliphatic rings. The van der Waals surface area contributed by atoms with E-state index in [2.05, 4.69) is 4.98 Å². The van der Waals surface area contributed by atoms with Gasteiger partial charge in [0.15, 0.2) is 29.3 Å². The minimum absolute atomic E-state index is 0.0346. The van der Waals surface area contributed by atoms with Crippen molar-refractivity contribution < 1.29 is 27.8 Å². The van der Waals surface area contributed by atoms with E-state index in [0.717, 1.165) is 25.3 Å². The Morgan fingerprint density at radius 3 is 2.70 bits per heavy atom. The van der Waals surface area contributed by atoms with Crippen molar-refractivity contribution in [3.05, 3.63) is 77.3 Å². The number of aliphatic hydroxyl groups is 1. The molecule has 37 heavy (non-hydrogen) atoms. The van der Waals surface area contributed by atoms with Crippen molar-refractivity contribution in [2.75, 3.05) is 6.61 Å². The fourth-order valence-corrected chi connectivity index (χ4v) is 5.07. The van der Waals surface area contributed by atoms with E-state index in [0.29, 0.717) is 28.3 Å². The summed E-state index contributed by atoms with van der Waals surface area (Å²) < 4.78 is 39.1. The van der Waals surface area contributed by atoms with Crippen LogP contribution in [-0.4, -0.2) is 27.5 Å². The van der Waals surface area contributed by atoms with Crippen molar-refractivity contribution >= 4 is 16.9 Å². The van der Waals surface area contributed by atoms with Crippen LogP contribution in [0.3, 0.4) is 0 Å². The van der Waals surface area contributed by atoms with Gasteiger partial charge in [-0.3, -0.25) is 4.79 Å². The second-order valence-electron chi connectivity index (χ2n) is 10.2. The van der Waals surface area contributed by atoms with Crippen molar-refractivity contribution in [2.24, 2.45) is 11.7 Å². The lowest BCUT2D eigenvalue weighted by Gasteiger charge is -2.29. The highest BCUT2D eigenvalue weighted by atomic mass is 19.1. The molecule has 0 amide bonds. The molecule has 0 radical (unpaired) electrons. The molecule has 3 heterocycles. The normalized spacial score (nSPS) is 20.5. The van der Waals surface area contributed by atoms with Crippen molar-refractivity contribution in [1.29, 1.82) is 0 Å². The van der Waals surface area contributed by atoms with Crippen molar-refractivity contribution in [3.8, 4) is 17.0 Å². The number of fused-ring (bicyclic) bond motifs is 2. The van der Waals surface area contributed by atoms with Gasteiger partial charge in [-0.1, -0.05) is 0 Å². The predicted octanol–water partition coefficient (Wildman–Crippen LogP) is 5.00. The first-order chi connectivity index (χ1) is 17.7. The third-order valence-electron chi connectivity index (χ3n) is 7.36. The van der Waals surface area contributed by atoms with E-state index in [-0.39, 0.29) is 53.6 Å². The summed E-state index contributed by atoms with van der Waals surface area (Å²) in [6.45, 7) is 2.07. The predicted molar refractivity (Wildman–Crippen MR) is 131 cm³/mol. The summed E-state index contributed by atoms with van der Waals surface area (Å²) in [5.41, 5.74) is 6.87. The summed E-state index contributed by atoms with van der Waals surface area (Å²) in [7, 11) is 0. The van der Waals surface area contributed by atoms with E-state index in [9.17, 15) is 18.7 Å². The van der Waals surface area contributed by atoms with Crippen LogP contribution < -0.4 is 10.5 Å². The monoisotopic (exact) mass is 505 g/mol. The lowest BCUT2D eigenvalue weighted by atomic mass is 9.83. The van der Waals surface area contributed by atoms with Crippen LogP contribution in [0.5, 0.6) is 5.75 Å². The Labute approximate surface area is 211 Å². The number of pyridine rings is 1. The van der Waals surface area contributed by atoms with Crippen LogP contribution in [0.1, 0.15) is 54.2 Å². The van der Waals surface area contributed by atoms with Gasteiger partial charge in [-0.15, -0.1) is 0 Å². The van der Waals surface area contributed by atoms with Crippen LogP contribution in [-0.2, 0) is 11.1 Å². The minimum Gasteiger partial charge on any atom is -0.489 e. The molecular formula is C28H25F2N3O4. The summed E-state index contributed by atoms with van der Waals surface area (Å²) >= 11 is 0. The molecule has 1 aliphatic heterocycles. The number of nitrogens with two attached hydrogens (primary N) is 1. The molecule has 1 fully saturated rings. The van der Waals surface area contributed by atoms with Gasteiger partial charge in [0.2, 0.25) is 0 Å². The Bertz CT molecular complexity index is 1530. The maximum atomic E-state index is 14.4. The molecule has 0 bridgehead atoms. The molecule has 0 unspecified atom stereocenters. The van der Waals surface area contributed by atoms with Crippen LogP contribution in [0.15, 0.2) is 53.3 Å². The number of oxazole rings is 1. The van der Waals surface area contributed by atoms with E-state index < -0.39 is 17.0 Å². The minimum atomic E-state index is -1.41. The van der Waals surface area contributed by atoms with Gasteiger partial charge in [0, 0.05) is 23.1 Å². The number of hydrogen-bond donors (Lipinski definition) is 2. The van der Waals surface area contributed by atoms with Crippen molar-refractivity contribution in [2.45, 2.75) is 43.7 Å². The highest BCUT2D eigenvalue weighted by molar-refractivity contribution is 5.98. The summed E-state index contributed by atoms with van der Waals surface area (Å²) in [6, 6.07) is 10.2. The molecule has 1 saturated carbocycles. The molecular weight excluding hydrogens is 480 g/mol. The number of aromatic nitrogens is 2. The number of Topliss-reactive ketones (excluding diaryl/α,β-unsaturated/α-hetero) is 1. The van der Waals surface area contributed by atoms with E-state index in [4.69, 9.17) is 19.9 Å². The fourth-order valence-electron chi connectivity index (χ4n) is 5.07. The van der Waals surface area contributed by atoms with E-state index in [1.807, 2.05) is 6.92 Å². The molecule has 2 aromatic heterocycles. The Morgan fingerprint density at radius 1 is 1.22 bits per heavy atom. The van der Waals surface area contributed by atoms with Gasteiger partial charge in [-0.05, 0) is 74.6 Å². The van der Waals surface area contributed by atoms with Gasteiger partial charge < -0.3 is 20.0 Å². The zero-order chi connectivity index (χ0) is 25.9. The van der Waals surface area contributed by atoms with Crippen LogP contribution in [0.25, 0.3) is 22.4 Å². The van der Waals surface area contributed by atoms with Gasteiger partial charge in [-0.2, -0.15) is 0 Å². The number of benzene rings is 2. The third-order valence-corrected chi connectivity index (χ3v) is 7.36. The fraction of sp³-hybridized carbons (Fsp3) is 0.321. The zero-order valence-corrected chi connectivity index (χ0v) is 20.1. The second-order valence-corrected chi connectivity index (χ2v) is 10.2. The molecule has 6 rings (SSSR count). The van der Waals surface area contributed by atoms with E-state index in [1.165, 1.54) is 18.2 Å². The molecule has 1 aliphatic carbocycles. The quantitative estimate of drug-likeness (QED) is 0.340. The van der Waals surface area contributed by atoms with Gasteiger partial charge >= 0.3 is 0 Å². The molecule has 0 saturated heterocycles. The van der Waals surface area contributed by atoms with Crippen LogP contribution in [0.2, 0.25) is 0 Å². The number of carbonyl (C=O) groups excluding carboxylic acids is 1. The Morgan fingerprint density at radius 2 is 1.97 bits per heavy atom. The van der Waals surface area contributed by atoms with Crippen molar-refractivity contribution in [1.82, 2.24) is 9.97 Å². The number of ether oxygens (including phenoxy) is 1. The standard InChI is InChI=1S/C28H25F2N3O4/c1-27(31)13-36-26-19(27)12-23(33-24(26)15-2-6-18(29)7-3-15)28(35,17-4-5-17)9-8-21(34)16-10-20(30)25-22(11-16)37-14-32-25/h2-3,6-7,10-12,14,17,35H,4-5,8-9,13,31H2,1H3/t27-,28+/m0/s1. The number of rotatable bonds is 7. The van der Waals surface area contributed by atoms with E-state index in [1.54, 1.807) is 18.2 Å². The summed E-state index contributed by atoms with van der Waals surface area (Å²) in [5, 5.41) is 12.0.